The van der Waals surface area contributed by atoms with E-state index in [2.05, 4.69) is 46.0 Å². The van der Waals surface area contributed by atoms with Gasteiger partial charge < -0.3 is 10.5 Å². The van der Waals surface area contributed by atoms with Crippen molar-refractivity contribution in [3.05, 3.63) is 34.3 Å². The Morgan fingerprint density at radius 1 is 1.29 bits per heavy atom. The monoisotopic (exact) mass is 298 g/mol. The van der Waals surface area contributed by atoms with Crippen LogP contribution in [0.1, 0.15) is 18.5 Å². The molecule has 1 aromatic rings. The summed E-state index contributed by atoms with van der Waals surface area (Å²) in [5, 5.41) is 0. The van der Waals surface area contributed by atoms with Crippen LogP contribution in [0.25, 0.3) is 0 Å². The lowest BCUT2D eigenvalue weighted by molar-refractivity contribution is 0.0115. The molecule has 0 aromatic heterocycles. The van der Waals surface area contributed by atoms with Gasteiger partial charge in [-0.2, -0.15) is 0 Å². The van der Waals surface area contributed by atoms with Crippen molar-refractivity contribution >= 4 is 15.9 Å². The van der Waals surface area contributed by atoms with Crippen LogP contribution < -0.4 is 5.73 Å². The first-order chi connectivity index (χ1) is 8.20. The third kappa shape index (κ3) is 3.07. The minimum absolute atomic E-state index is 0.104. The maximum atomic E-state index is 6.17. The Labute approximate surface area is 111 Å². The van der Waals surface area contributed by atoms with E-state index < -0.39 is 0 Å². The van der Waals surface area contributed by atoms with Crippen LogP contribution in [0.2, 0.25) is 0 Å². The van der Waals surface area contributed by atoms with Crippen molar-refractivity contribution in [2.45, 2.75) is 19.0 Å². The molecule has 2 unspecified atom stereocenters. The van der Waals surface area contributed by atoms with E-state index >= 15 is 0 Å². The van der Waals surface area contributed by atoms with Crippen LogP contribution in [0, 0.1) is 0 Å². The molecular weight excluding hydrogens is 280 g/mol. The predicted molar refractivity (Wildman–Crippen MR) is 72.9 cm³/mol. The summed E-state index contributed by atoms with van der Waals surface area (Å²) < 4.78 is 6.53. The van der Waals surface area contributed by atoms with Crippen LogP contribution >= 0.6 is 15.9 Å². The molecule has 0 radical (unpaired) electrons. The highest BCUT2D eigenvalue weighted by Crippen LogP contribution is 2.30. The van der Waals surface area contributed by atoms with Gasteiger partial charge in [-0.3, -0.25) is 4.90 Å². The van der Waals surface area contributed by atoms with E-state index in [9.17, 15) is 0 Å². The van der Waals surface area contributed by atoms with Gasteiger partial charge in [0.1, 0.15) is 0 Å². The van der Waals surface area contributed by atoms with Gasteiger partial charge in [-0.25, -0.2) is 0 Å². The molecule has 0 aliphatic carbocycles. The highest BCUT2D eigenvalue weighted by atomic mass is 79.9. The molecule has 0 amide bonds. The number of morpholine rings is 1. The molecule has 1 heterocycles. The Kier molecular flexibility index (Phi) is 4.56. The summed E-state index contributed by atoms with van der Waals surface area (Å²) in [6, 6.07) is 8.68. The third-order valence-corrected chi connectivity index (χ3v) is 3.88. The van der Waals surface area contributed by atoms with E-state index in [1.54, 1.807) is 0 Å². The van der Waals surface area contributed by atoms with Crippen molar-refractivity contribution in [2.75, 3.05) is 26.3 Å². The van der Waals surface area contributed by atoms with E-state index in [0.717, 1.165) is 30.8 Å². The summed E-state index contributed by atoms with van der Waals surface area (Å²) in [6.07, 6.45) is 0. The second-order valence-corrected chi connectivity index (χ2v) is 5.33. The van der Waals surface area contributed by atoms with Crippen LogP contribution in [0.3, 0.4) is 0 Å². The molecule has 0 bridgehead atoms. The van der Waals surface area contributed by atoms with Crippen LogP contribution in [-0.4, -0.2) is 37.2 Å². The molecule has 0 spiro atoms. The highest BCUT2D eigenvalue weighted by Gasteiger charge is 2.26. The smallest absolute Gasteiger partial charge is 0.0594 e. The van der Waals surface area contributed by atoms with Gasteiger partial charge in [-0.15, -0.1) is 0 Å². The van der Waals surface area contributed by atoms with Crippen LogP contribution in [-0.2, 0) is 4.74 Å². The Bertz CT molecular complexity index is 364. The summed E-state index contributed by atoms with van der Waals surface area (Å²) in [6.45, 7) is 5.57. The van der Waals surface area contributed by atoms with Gasteiger partial charge >= 0.3 is 0 Å². The molecule has 1 aromatic carbocycles. The van der Waals surface area contributed by atoms with Gasteiger partial charge in [0.05, 0.1) is 19.3 Å². The summed E-state index contributed by atoms with van der Waals surface area (Å²) in [4.78, 5) is 2.41. The van der Waals surface area contributed by atoms with Gasteiger partial charge in [-0.1, -0.05) is 34.1 Å². The van der Waals surface area contributed by atoms with Gasteiger partial charge in [0.25, 0.3) is 0 Å². The second-order valence-electron chi connectivity index (χ2n) is 4.47. The lowest BCUT2D eigenvalue weighted by atomic mass is 9.99. The molecule has 3 nitrogen and oxygen atoms in total. The highest BCUT2D eigenvalue weighted by molar-refractivity contribution is 9.10. The number of ether oxygens (including phenoxy) is 1. The quantitative estimate of drug-likeness (QED) is 0.929. The van der Waals surface area contributed by atoms with Crippen molar-refractivity contribution in [3.63, 3.8) is 0 Å². The zero-order chi connectivity index (χ0) is 12.3. The van der Waals surface area contributed by atoms with Gasteiger partial charge in [0.2, 0.25) is 0 Å². The van der Waals surface area contributed by atoms with Crippen LogP contribution in [0.5, 0.6) is 0 Å². The molecule has 17 heavy (non-hydrogen) atoms. The number of hydrogen-bond donors (Lipinski definition) is 1. The molecule has 1 fully saturated rings. The first-order valence-corrected chi connectivity index (χ1v) is 6.81. The molecule has 4 heteroatoms. The SMILES string of the molecule is CC(N)C(c1ccccc1Br)N1CCOCC1. The molecule has 94 valence electrons. The molecule has 0 saturated carbocycles. The number of benzene rings is 1. The number of halogens is 1. The van der Waals surface area contributed by atoms with Crippen LogP contribution in [0.15, 0.2) is 28.7 Å². The van der Waals surface area contributed by atoms with Gasteiger partial charge in [0.15, 0.2) is 0 Å². The molecule has 1 saturated heterocycles. The minimum atomic E-state index is 0.104. The standard InChI is InChI=1S/C13H19BrN2O/c1-10(15)13(16-6-8-17-9-7-16)11-4-2-3-5-12(11)14/h2-5,10,13H,6-9,15H2,1H3. The first kappa shape index (κ1) is 13.0. The van der Waals surface area contributed by atoms with Crippen molar-refractivity contribution < 1.29 is 4.74 Å². The molecule has 1 aliphatic heterocycles. The Balaban J connectivity index is 2.25. The average Bonchev–Trinajstić information content (AvgIpc) is 2.33. The summed E-state index contributed by atoms with van der Waals surface area (Å²) in [7, 11) is 0. The third-order valence-electron chi connectivity index (χ3n) is 3.16. The fourth-order valence-corrected chi connectivity index (χ4v) is 2.90. The lowest BCUT2D eigenvalue weighted by Gasteiger charge is -2.37. The summed E-state index contributed by atoms with van der Waals surface area (Å²) >= 11 is 3.62. The summed E-state index contributed by atoms with van der Waals surface area (Å²) in [5.74, 6) is 0. The molecule has 2 N–H and O–H groups in total. The average molecular weight is 299 g/mol. The van der Waals surface area contributed by atoms with Crippen molar-refractivity contribution in [3.8, 4) is 0 Å². The maximum absolute atomic E-state index is 6.17. The van der Waals surface area contributed by atoms with E-state index in [0.29, 0.717) is 0 Å². The topological polar surface area (TPSA) is 38.5 Å². The second kappa shape index (κ2) is 5.96. The minimum Gasteiger partial charge on any atom is -0.379 e. The Morgan fingerprint density at radius 3 is 2.53 bits per heavy atom. The van der Waals surface area contributed by atoms with E-state index in [-0.39, 0.29) is 12.1 Å². The normalized spacial score (nSPS) is 21.1. The zero-order valence-corrected chi connectivity index (χ0v) is 11.7. The molecular formula is C13H19BrN2O. The van der Waals surface area contributed by atoms with Gasteiger partial charge in [0, 0.05) is 23.6 Å². The van der Waals surface area contributed by atoms with Crippen molar-refractivity contribution in [1.29, 1.82) is 0 Å². The van der Waals surface area contributed by atoms with Gasteiger partial charge in [-0.05, 0) is 18.6 Å². The number of nitrogens with two attached hydrogens (primary N) is 1. The fourth-order valence-electron chi connectivity index (χ4n) is 2.38. The molecule has 2 atom stereocenters. The van der Waals surface area contributed by atoms with Crippen molar-refractivity contribution in [2.24, 2.45) is 5.73 Å². The largest absolute Gasteiger partial charge is 0.379 e. The van der Waals surface area contributed by atoms with E-state index in [1.165, 1.54) is 5.56 Å². The van der Waals surface area contributed by atoms with Crippen molar-refractivity contribution in [1.82, 2.24) is 4.90 Å². The first-order valence-electron chi connectivity index (χ1n) is 6.02. The van der Waals surface area contributed by atoms with E-state index in [4.69, 9.17) is 10.5 Å². The Hall–Kier alpha value is -0.420. The number of rotatable bonds is 3. The zero-order valence-electron chi connectivity index (χ0n) is 10.1. The predicted octanol–water partition coefficient (Wildman–Crippen LogP) is 2.17. The fraction of sp³-hybridized carbons (Fsp3) is 0.538. The van der Waals surface area contributed by atoms with Crippen LogP contribution in [0.4, 0.5) is 0 Å². The lowest BCUT2D eigenvalue weighted by Crippen LogP contribution is -2.45. The number of nitrogens with zero attached hydrogens (tertiary/aromatic N) is 1. The number of hydrogen-bond acceptors (Lipinski definition) is 3. The Morgan fingerprint density at radius 2 is 1.94 bits per heavy atom. The van der Waals surface area contributed by atoms with E-state index in [1.807, 2.05) is 6.07 Å². The summed E-state index contributed by atoms with van der Waals surface area (Å²) in [5.41, 5.74) is 7.43. The maximum Gasteiger partial charge on any atom is 0.0594 e. The molecule has 1 aliphatic rings. The molecule has 2 rings (SSSR count).